The molecule has 8 nitrogen and oxygen atoms in total. The van der Waals surface area contributed by atoms with E-state index in [1.165, 1.54) is 11.8 Å². The van der Waals surface area contributed by atoms with Gasteiger partial charge in [-0.05, 0) is 79.3 Å². The summed E-state index contributed by atoms with van der Waals surface area (Å²) in [5.74, 6) is -0.116. The Labute approximate surface area is 250 Å². The van der Waals surface area contributed by atoms with Crippen molar-refractivity contribution in [3.63, 3.8) is 0 Å². The number of fused-ring (bicyclic) bond motifs is 1. The van der Waals surface area contributed by atoms with Gasteiger partial charge in [0.15, 0.2) is 0 Å². The third-order valence-corrected chi connectivity index (χ3v) is 7.65. The maximum atomic E-state index is 13.9. The number of benzene rings is 2. The molecule has 5 rings (SSSR count). The Bertz CT molecular complexity index is 1520. The number of hydrogen-bond acceptors (Lipinski definition) is 6. The van der Waals surface area contributed by atoms with Gasteiger partial charge in [0.1, 0.15) is 6.04 Å². The van der Waals surface area contributed by atoms with Gasteiger partial charge < -0.3 is 9.64 Å². The molecule has 17 heteroatoms. The maximum absolute atomic E-state index is 13.9. The zero-order valence-electron chi connectivity index (χ0n) is 23.8. The summed E-state index contributed by atoms with van der Waals surface area (Å²) in [7, 11) is 0. The Morgan fingerprint density at radius 1 is 0.889 bits per heavy atom. The first-order valence-corrected chi connectivity index (χ1v) is 14.0. The lowest BCUT2D eigenvalue weighted by Gasteiger charge is -2.45. The predicted octanol–water partition coefficient (Wildman–Crippen LogP) is 7.49. The van der Waals surface area contributed by atoms with Crippen LogP contribution in [0.15, 0.2) is 36.4 Å². The summed E-state index contributed by atoms with van der Waals surface area (Å²) in [5, 5.41) is 12.2. The van der Waals surface area contributed by atoms with Crippen molar-refractivity contribution >= 4 is 17.5 Å². The molecule has 3 aromatic rings. The van der Waals surface area contributed by atoms with Gasteiger partial charge in [-0.25, -0.2) is 4.79 Å². The Kier molecular flexibility index (Phi) is 8.42. The standard InChI is InChI=1S/C28H27F9N6O2/c1-3-20-14-41(22-12-17(26(29,30)31)7-8-21(22)43(20)25(44)45-4-2)23(24-38-40-42(39-24)13-15-5-6-15)16-9-18(27(32,33)34)11-19(10-16)28(35,36)37/h7-12,15,20,23H,3-6,13-14H2,1-2H3. The number of tetrazole rings is 1. The first-order chi connectivity index (χ1) is 21.0. The number of halogens is 9. The van der Waals surface area contributed by atoms with Crippen molar-refractivity contribution in [1.29, 1.82) is 0 Å². The van der Waals surface area contributed by atoms with Crippen LogP contribution >= 0.6 is 0 Å². The van der Waals surface area contributed by atoms with Crippen molar-refractivity contribution in [2.75, 3.05) is 23.0 Å². The Balaban J connectivity index is 1.77. The highest BCUT2D eigenvalue weighted by atomic mass is 19.4. The third-order valence-electron chi connectivity index (χ3n) is 7.65. The van der Waals surface area contributed by atoms with Crippen LogP contribution in [0.5, 0.6) is 0 Å². The molecule has 2 aliphatic rings. The Morgan fingerprint density at radius 3 is 2.04 bits per heavy atom. The van der Waals surface area contributed by atoms with Gasteiger partial charge >= 0.3 is 24.6 Å². The van der Waals surface area contributed by atoms with Gasteiger partial charge in [0.05, 0.1) is 47.3 Å². The number of hydrogen-bond donors (Lipinski definition) is 0. The van der Waals surface area contributed by atoms with E-state index in [1.54, 1.807) is 6.92 Å². The molecule has 2 atom stereocenters. The molecule has 0 spiro atoms. The minimum absolute atomic E-state index is 0.0405. The third kappa shape index (κ3) is 6.81. The van der Waals surface area contributed by atoms with Crippen LogP contribution in [0.1, 0.15) is 67.2 Å². The molecule has 0 saturated heterocycles. The first-order valence-electron chi connectivity index (χ1n) is 14.0. The van der Waals surface area contributed by atoms with E-state index in [0.29, 0.717) is 24.7 Å². The predicted molar refractivity (Wildman–Crippen MR) is 141 cm³/mol. The van der Waals surface area contributed by atoms with Crippen LogP contribution in [0.2, 0.25) is 0 Å². The van der Waals surface area contributed by atoms with Gasteiger partial charge in [-0.3, -0.25) is 4.90 Å². The summed E-state index contributed by atoms with van der Waals surface area (Å²) < 4.78 is 131. The fraction of sp³-hybridized carbons (Fsp3) is 0.500. The number of rotatable bonds is 7. The van der Waals surface area contributed by atoms with Gasteiger partial charge in [-0.2, -0.15) is 44.3 Å². The molecular formula is C28H27F9N6O2. The molecule has 1 aromatic heterocycles. The molecule has 0 bridgehead atoms. The fourth-order valence-corrected chi connectivity index (χ4v) is 5.31. The number of nitrogens with zero attached hydrogens (tertiary/aromatic N) is 6. The summed E-state index contributed by atoms with van der Waals surface area (Å²) in [6, 6.07) is 0.903. The highest BCUT2D eigenvalue weighted by Gasteiger charge is 2.44. The van der Waals surface area contributed by atoms with Crippen molar-refractivity contribution in [3.05, 3.63) is 64.5 Å². The highest BCUT2D eigenvalue weighted by Crippen LogP contribution is 2.47. The molecular weight excluding hydrogens is 623 g/mol. The van der Waals surface area contributed by atoms with Gasteiger partial charge in [-0.1, -0.05) is 6.92 Å². The van der Waals surface area contributed by atoms with E-state index in [9.17, 15) is 44.3 Å². The lowest BCUT2D eigenvalue weighted by molar-refractivity contribution is -0.143. The van der Waals surface area contributed by atoms with Gasteiger partial charge in [0.25, 0.3) is 0 Å². The molecule has 2 aromatic carbocycles. The summed E-state index contributed by atoms with van der Waals surface area (Å²) in [6.45, 7) is 3.10. The first kappa shape index (κ1) is 32.3. The van der Waals surface area contributed by atoms with E-state index in [-0.39, 0.29) is 48.8 Å². The van der Waals surface area contributed by atoms with Gasteiger partial charge in [0, 0.05) is 6.54 Å². The summed E-state index contributed by atoms with van der Waals surface area (Å²) in [4.78, 5) is 16.5. The maximum Gasteiger partial charge on any atom is 0.416 e. The van der Waals surface area contributed by atoms with E-state index >= 15 is 0 Å². The quantitative estimate of drug-likeness (QED) is 0.247. The zero-order valence-corrected chi connectivity index (χ0v) is 23.8. The zero-order chi connectivity index (χ0) is 32.9. The second kappa shape index (κ2) is 11.7. The minimum Gasteiger partial charge on any atom is -0.449 e. The molecule has 1 aliphatic carbocycles. The van der Waals surface area contributed by atoms with Gasteiger partial charge in [-0.15, -0.1) is 10.2 Å². The highest BCUT2D eigenvalue weighted by molar-refractivity contribution is 5.95. The SMILES string of the molecule is CCOC(=O)N1c2ccc(C(F)(F)F)cc2N(C(c2cc(C(F)(F)F)cc(C(F)(F)F)c2)c2nnn(CC3CC3)n2)CC1CC. The van der Waals surface area contributed by atoms with Crippen LogP contribution in [0.25, 0.3) is 0 Å². The number of aromatic nitrogens is 4. The van der Waals surface area contributed by atoms with Crippen LogP contribution in [-0.4, -0.2) is 45.5 Å². The second-order valence-electron chi connectivity index (χ2n) is 10.9. The average molecular weight is 651 g/mol. The number of carbonyl (C=O) groups is 1. The van der Waals surface area contributed by atoms with Crippen molar-refractivity contribution in [1.82, 2.24) is 20.2 Å². The normalized spacial score (nSPS) is 18.2. The number of ether oxygens (including phenoxy) is 1. The molecule has 1 aliphatic heterocycles. The molecule has 1 saturated carbocycles. The average Bonchev–Trinajstić information content (AvgIpc) is 3.66. The van der Waals surface area contributed by atoms with Crippen molar-refractivity contribution in [2.45, 2.75) is 70.3 Å². The van der Waals surface area contributed by atoms with Gasteiger partial charge in [0.2, 0.25) is 5.82 Å². The second-order valence-corrected chi connectivity index (χ2v) is 10.9. The van der Waals surface area contributed by atoms with Crippen LogP contribution in [0, 0.1) is 5.92 Å². The lowest BCUT2D eigenvalue weighted by Crippen LogP contribution is -2.53. The molecule has 2 heterocycles. The van der Waals surface area contributed by atoms with Crippen molar-refractivity contribution in [3.8, 4) is 0 Å². The summed E-state index contributed by atoms with van der Waals surface area (Å²) in [5.41, 5.74) is -5.36. The van der Waals surface area contributed by atoms with E-state index < -0.39 is 59.0 Å². The van der Waals surface area contributed by atoms with Crippen LogP contribution in [0.3, 0.4) is 0 Å². The monoisotopic (exact) mass is 650 g/mol. The van der Waals surface area contributed by atoms with Crippen LogP contribution in [-0.2, 0) is 29.8 Å². The molecule has 1 amide bonds. The largest absolute Gasteiger partial charge is 0.449 e. The topological polar surface area (TPSA) is 76.4 Å². The molecule has 0 radical (unpaired) electrons. The van der Waals surface area contributed by atoms with E-state index in [1.807, 2.05) is 0 Å². The Hall–Kier alpha value is -4.05. The number of carbonyl (C=O) groups excluding carboxylic acids is 1. The van der Waals surface area contributed by atoms with E-state index in [4.69, 9.17) is 4.74 Å². The minimum atomic E-state index is -5.20. The molecule has 1 fully saturated rings. The summed E-state index contributed by atoms with van der Waals surface area (Å²) >= 11 is 0. The molecule has 45 heavy (non-hydrogen) atoms. The van der Waals surface area contributed by atoms with Crippen LogP contribution < -0.4 is 9.80 Å². The van der Waals surface area contributed by atoms with Crippen molar-refractivity contribution in [2.24, 2.45) is 5.92 Å². The number of alkyl halides is 9. The number of anilines is 2. The van der Waals surface area contributed by atoms with E-state index in [0.717, 1.165) is 34.7 Å². The molecule has 2 unspecified atom stereocenters. The van der Waals surface area contributed by atoms with E-state index in [2.05, 4.69) is 15.4 Å². The smallest absolute Gasteiger partial charge is 0.416 e. The molecule has 244 valence electrons. The van der Waals surface area contributed by atoms with Crippen molar-refractivity contribution < 1.29 is 49.0 Å². The van der Waals surface area contributed by atoms with Crippen LogP contribution in [0.4, 0.5) is 55.7 Å². The summed E-state index contributed by atoms with van der Waals surface area (Å²) in [6.07, 6.45) is -14.2. The fourth-order valence-electron chi connectivity index (χ4n) is 5.31. The number of amides is 1. The molecule has 0 N–H and O–H groups in total. The Morgan fingerprint density at radius 2 is 1.51 bits per heavy atom. The lowest BCUT2D eigenvalue weighted by atomic mass is 9.94.